The van der Waals surface area contributed by atoms with Crippen LogP contribution in [0.5, 0.6) is 0 Å². The van der Waals surface area contributed by atoms with Gasteiger partial charge in [0.2, 0.25) is 0 Å². The molecule has 0 amide bonds. The molecule has 82 valence electrons. The number of aliphatic hydroxyl groups is 1. The zero-order chi connectivity index (χ0) is 11.1. The Morgan fingerprint density at radius 3 is 2.80 bits per heavy atom. The lowest BCUT2D eigenvalue weighted by Crippen LogP contribution is -2.00. The fourth-order valence-electron chi connectivity index (χ4n) is 1.42. The first-order valence-electron chi connectivity index (χ1n) is 5.01. The van der Waals surface area contributed by atoms with Crippen molar-refractivity contribution in [2.24, 2.45) is 0 Å². The molecule has 0 bridgehead atoms. The number of carbonyl (C=O) groups is 1. The van der Waals surface area contributed by atoms with Crippen molar-refractivity contribution in [2.75, 3.05) is 7.11 Å². The van der Waals surface area contributed by atoms with Gasteiger partial charge in [-0.25, -0.2) is 0 Å². The molecular weight excluding hydrogens is 192 g/mol. The Morgan fingerprint density at radius 2 is 2.13 bits per heavy atom. The van der Waals surface area contributed by atoms with Crippen molar-refractivity contribution in [3.63, 3.8) is 0 Å². The number of hydrogen-bond donors (Lipinski definition) is 1. The maximum absolute atomic E-state index is 10.9. The van der Waals surface area contributed by atoms with Gasteiger partial charge in [-0.15, -0.1) is 0 Å². The van der Waals surface area contributed by atoms with Crippen molar-refractivity contribution in [3.8, 4) is 0 Å². The van der Waals surface area contributed by atoms with Gasteiger partial charge in [-0.1, -0.05) is 24.3 Å². The van der Waals surface area contributed by atoms with E-state index in [0.29, 0.717) is 6.42 Å². The third-order valence-electron chi connectivity index (χ3n) is 2.25. The maximum atomic E-state index is 10.9. The van der Waals surface area contributed by atoms with E-state index in [1.807, 2.05) is 24.3 Å². The van der Waals surface area contributed by atoms with Crippen LogP contribution in [0.25, 0.3) is 0 Å². The third kappa shape index (κ3) is 4.13. The molecule has 15 heavy (non-hydrogen) atoms. The summed E-state index contributed by atoms with van der Waals surface area (Å²) in [6, 6.07) is 7.75. The smallest absolute Gasteiger partial charge is 0.305 e. The SMILES string of the molecule is COC(=O)CCCc1cccc(CO)c1. The van der Waals surface area contributed by atoms with Gasteiger partial charge in [0.25, 0.3) is 0 Å². The van der Waals surface area contributed by atoms with Gasteiger partial charge in [-0.05, 0) is 24.0 Å². The van der Waals surface area contributed by atoms with Crippen LogP contribution >= 0.6 is 0 Å². The van der Waals surface area contributed by atoms with Crippen molar-refractivity contribution in [3.05, 3.63) is 35.4 Å². The van der Waals surface area contributed by atoms with Gasteiger partial charge in [-0.2, -0.15) is 0 Å². The Hall–Kier alpha value is -1.35. The van der Waals surface area contributed by atoms with Gasteiger partial charge < -0.3 is 9.84 Å². The first-order chi connectivity index (χ1) is 7.26. The van der Waals surface area contributed by atoms with Gasteiger partial charge >= 0.3 is 5.97 Å². The lowest BCUT2D eigenvalue weighted by molar-refractivity contribution is -0.140. The molecule has 0 aliphatic rings. The van der Waals surface area contributed by atoms with E-state index in [-0.39, 0.29) is 12.6 Å². The molecule has 0 saturated heterocycles. The number of benzene rings is 1. The second-order valence-electron chi connectivity index (χ2n) is 3.41. The van der Waals surface area contributed by atoms with Crippen LogP contribution < -0.4 is 0 Å². The maximum Gasteiger partial charge on any atom is 0.305 e. The number of aryl methyl sites for hydroxylation is 1. The lowest BCUT2D eigenvalue weighted by atomic mass is 10.1. The van der Waals surface area contributed by atoms with Gasteiger partial charge in [-0.3, -0.25) is 4.79 Å². The molecule has 1 aromatic carbocycles. The van der Waals surface area contributed by atoms with Crippen molar-refractivity contribution >= 4 is 5.97 Å². The van der Waals surface area contributed by atoms with Crippen LogP contribution in [0.4, 0.5) is 0 Å². The van der Waals surface area contributed by atoms with Gasteiger partial charge in [0.05, 0.1) is 13.7 Å². The van der Waals surface area contributed by atoms with E-state index in [1.165, 1.54) is 7.11 Å². The van der Waals surface area contributed by atoms with Crippen LogP contribution in [0.2, 0.25) is 0 Å². The summed E-state index contributed by atoms with van der Waals surface area (Å²) in [6.45, 7) is 0.0604. The van der Waals surface area contributed by atoms with E-state index in [1.54, 1.807) is 0 Å². The van der Waals surface area contributed by atoms with Crippen LogP contribution in [0.15, 0.2) is 24.3 Å². The summed E-state index contributed by atoms with van der Waals surface area (Å²) in [5.74, 6) is -0.173. The molecule has 1 aromatic rings. The summed E-state index contributed by atoms with van der Waals surface area (Å²) >= 11 is 0. The van der Waals surface area contributed by atoms with Crippen LogP contribution in [0.3, 0.4) is 0 Å². The molecular formula is C12H16O3. The molecule has 3 heteroatoms. The van der Waals surface area contributed by atoms with Gasteiger partial charge in [0.15, 0.2) is 0 Å². The quantitative estimate of drug-likeness (QED) is 0.749. The van der Waals surface area contributed by atoms with Crippen molar-refractivity contribution in [1.82, 2.24) is 0 Å². The van der Waals surface area contributed by atoms with E-state index in [0.717, 1.165) is 24.0 Å². The van der Waals surface area contributed by atoms with Crippen molar-refractivity contribution in [2.45, 2.75) is 25.9 Å². The second kappa shape index (κ2) is 6.19. The fraction of sp³-hybridized carbons (Fsp3) is 0.417. The first-order valence-corrected chi connectivity index (χ1v) is 5.01. The summed E-state index contributed by atoms with van der Waals surface area (Å²) in [4.78, 5) is 10.9. The molecule has 0 unspecified atom stereocenters. The van der Waals surface area contributed by atoms with E-state index in [4.69, 9.17) is 5.11 Å². The summed E-state index contributed by atoms with van der Waals surface area (Å²) < 4.78 is 4.55. The number of esters is 1. The predicted molar refractivity (Wildman–Crippen MR) is 57.3 cm³/mol. The normalized spacial score (nSPS) is 10.0. The van der Waals surface area contributed by atoms with Crippen LogP contribution in [-0.4, -0.2) is 18.2 Å². The summed E-state index contributed by atoms with van der Waals surface area (Å²) in [5.41, 5.74) is 2.05. The molecule has 0 spiro atoms. The Labute approximate surface area is 89.7 Å². The first kappa shape index (κ1) is 11.7. The van der Waals surface area contributed by atoms with Crippen LogP contribution in [0.1, 0.15) is 24.0 Å². The number of ether oxygens (including phenoxy) is 1. The van der Waals surface area contributed by atoms with E-state index in [9.17, 15) is 4.79 Å². The number of aliphatic hydroxyl groups excluding tert-OH is 1. The zero-order valence-electron chi connectivity index (χ0n) is 8.90. The number of hydrogen-bond acceptors (Lipinski definition) is 3. The minimum absolute atomic E-state index is 0.0604. The highest BCUT2D eigenvalue weighted by atomic mass is 16.5. The van der Waals surface area contributed by atoms with E-state index >= 15 is 0 Å². The molecule has 3 nitrogen and oxygen atoms in total. The minimum Gasteiger partial charge on any atom is -0.469 e. The van der Waals surface area contributed by atoms with Crippen LogP contribution in [0, 0.1) is 0 Å². The summed E-state index contributed by atoms with van der Waals surface area (Å²) in [7, 11) is 1.40. The highest BCUT2D eigenvalue weighted by molar-refractivity contribution is 5.69. The minimum atomic E-state index is -0.173. The van der Waals surface area contributed by atoms with E-state index < -0.39 is 0 Å². The molecule has 0 heterocycles. The largest absolute Gasteiger partial charge is 0.469 e. The Balaban J connectivity index is 2.40. The predicted octanol–water partition coefficient (Wildman–Crippen LogP) is 1.67. The highest BCUT2D eigenvalue weighted by Crippen LogP contribution is 2.09. The average molecular weight is 208 g/mol. The molecule has 0 atom stereocenters. The fourth-order valence-corrected chi connectivity index (χ4v) is 1.42. The topological polar surface area (TPSA) is 46.5 Å². The third-order valence-corrected chi connectivity index (χ3v) is 2.25. The molecule has 1 rings (SSSR count). The monoisotopic (exact) mass is 208 g/mol. The lowest BCUT2D eigenvalue weighted by Gasteiger charge is -2.03. The van der Waals surface area contributed by atoms with Crippen molar-refractivity contribution < 1.29 is 14.6 Å². The molecule has 0 aliphatic carbocycles. The average Bonchev–Trinajstić information content (AvgIpc) is 2.29. The molecule has 0 radical (unpaired) electrons. The summed E-state index contributed by atoms with van der Waals surface area (Å²) in [5, 5.41) is 8.94. The van der Waals surface area contributed by atoms with Crippen LogP contribution in [-0.2, 0) is 22.6 Å². The zero-order valence-corrected chi connectivity index (χ0v) is 8.90. The number of carbonyl (C=O) groups excluding carboxylic acids is 1. The Bertz CT molecular complexity index is 320. The molecule has 0 aromatic heterocycles. The van der Waals surface area contributed by atoms with E-state index in [2.05, 4.69) is 4.74 Å². The second-order valence-corrected chi connectivity index (χ2v) is 3.41. The molecule has 0 aliphatic heterocycles. The Morgan fingerprint density at radius 1 is 1.40 bits per heavy atom. The number of methoxy groups -OCH3 is 1. The van der Waals surface area contributed by atoms with Gasteiger partial charge in [0.1, 0.15) is 0 Å². The molecule has 1 N–H and O–H groups in total. The standard InChI is InChI=1S/C12H16O3/c1-15-12(14)7-3-5-10-4-2-6-11(8-10)9-13/h2,4,6,8,13H,3,5,7,9H2,1H3. The highest BCUT2D eigenvalue weighted by Gasteiger charge is 2.00. The Kier molecular flexibility index (Phi) is 4.84. The number of rotatable bonds is 5. The molecule has 0 saturated carbocycles. The molecule has 0 fully saturated rings. The summed E-state index contributed by atoms with van der Waals surface area (Å²) in [6.07, 6.45) is 2.06. The van der Waals surface area contributed by atoms with Crippen molar-refractivity contribution in [1.29, 1.82) is 0 Å². The van der Waals surface area contributed by atoms with Gasteiger partial charge in [0, 0.05) is 6.42 Å².